The summed E-state index contributed by atoms with van der Waals surface area (Å²) in [7, 11) is 1.45. The lowest BCUT2D eigenvalue weighted by Gasteiger charge is -2.16. The normalized spacial score (nSPS) is 27.2. The van der Waals surface area contributed by atoms with Gasteiger partial charge in [-0.15, -0.1) is 0 Å². The number of hydrogen-bond acceptors (Lipinski definition) is 7. The lowest BCUT2D eigenvalue weighted by atomic mass is 9.84. The SMILES string of the molecule is COc1cc(C2OC(=O)C3C(c4ccc(O)c(O)c4)OCC23)ccc1O. The Morgan fingerprint density at radius 2 is 1.65 bits per heavy atom. The molecule has 0 amide bonds. The minimum Gasteiger partial charge on any atom is -0.504 e. The fourth-order valence-corrected chi connectivity index (χ4v) is 3.72. The number of cyclic esters (lactones) is 1. The Bertz CT molecular complexity index is 863. The van der Waals surface area contributed by atoms with Gasteiger partial charge >= 0.3 is 5.97 Å². The summed E-state index contributed by atoms with van der Waals surface area (Å²) in [6, 6.07) is 9.22. The second kappa shape index (κ2) is 6.10. The zero-order chi connectivity index (χ0) is 18.4. The van der Waals surface area contributed by atoms with Gasteiger partial charge in [-0.25, -0.2) is 0 Å². The molecule has 0 aliphatic carbocycles. The van der Waals surface area contributed by atoms with Gasteiger partial charge in [0.25, 0.3) is 0 Å². The van der Waals surface area contributed by atoms with Crippen molar-refractivity contribution in [2.24, 2.45) is 11.8 Å². The van der Waals surface area contributed by atoms with Crippen LogP contribution in [0.4, 0.5) is 0 Å². The number of aromatic hydroxyl groups is 3. The predicted molar refractivity (Wildman–Crippen MR) is 88.9 cm³/mol. The molecule has 2 heterocycles. The van der Waals surface area contributed by atoms with E-state index in [9.17, 15) is 20.1 Å². The molecule has 2 saturated heterocycles. The van der Waals surface area contributed by atoms with Crippen molar-refractivity contribution in [2.75, 3.05) is 13.7 Å². The van der Waals surface area contributed by atoms with Gasteiger partial charge in [-0.2, -0.15) is 0 Å². The minimum atomic E-state index is -0.553. The maximum absolute atomic E-state index is 12.5. The lowest BCUT2D eigenvalue weighted by Crippen LogP contribution is -2.17. The molecule has 4 unspecified atom stereocenters. The van der Waals surface area contributed by atoms with E-state index in [1.54, 1.807) is 18.2 Å². The van der Waals surface area contributed by atoms with Gasteiger partial charge in [-0.05, 0) is 35.4 Å². The van der Waals surface area contributed by atoms with Gasteiger partial charge in [-0.1, -0.05) is 12.1 Å². The van der Waals surface area contributed by atoms with E-state index in [1.807, 2.05) is 0 Å². The van der Waals surface area contributed by atoms with Crippen LogP contribution in [0.2, 0.25) is 0 Å². The molecular weight excluding hydrogens is 340 g/mol. The maximum atomic E-state index is 12.5. The Morgan fingerprint density at radius 3 is 2.35 bits per heavy atom. The Labute approximate surface area is 149 Å². The van der Waals surface area contributed by atoms with Gasteiger partial charge in [0, 0.05) is 5.92 Å². The van der Waals surface area contributed by atoms with E-state index in [0.29, 0.717) is 17.9 Å². The van der Waals surface area contributed by atoms with Gasteiger partial charge in [0.1, 0.15) is 6.10 Å². The van der Waals surface area contributed by atoms with Crippen LogP contribution in [0.25, 0.3) is 0 Å². The van der Waals surface area contributed by atoms with Crippen LogP contribution in [-0.4, -0.2) is 35.0 Å². The smallest absolute Gasteiger partial charge is 0.313 e. The number of hydrogen-bond donors (Lipinski definition) is 3. The van der Waals surface area contributed by atoms with Crippen molar-refractivity contribution in [3.05, 3.63) is 47.5 Å². The Hall–Kier alpha value is -2.93. The van der Waals surface area contributed by atoms with E-state index in [-0.39, 0.29) is 29.1 Å². The first-order valence-corrected chi connectivity index (χ1v) is 8.20. The second-order valence-corrected chi connectivity index (χ2v) is 6.48. The number of benzene rings is 2. The van der Waals surface area contributed by atoms with Crippen LogP contribution in [-0.2, 0) is 14.3 Å². The molecule has 2 aliphatic heterocycles. The maximum Gasteiger partial charge on any atom is 0.313 e. The van der Waals surface area contributed by atoms with Crippen molar-refractivity contribution in [2.45, 2.75) is 12.2 Å². The summed E-state index contributed by atoms with van der Waals surface area (Å²) >= 11 is 0. The number of carbonyl (C=O) groups is 1. The molecule has 3 N–H and O–H groups in total. The van der Waals surface area contributed by atoms with E-state index < -0.39 is 18.1 Å². The van der Waals surface area contributed by atoms with Crippen LogP contribution in [0, 0.1) is 11.8 Å². The number of methoxy groups -OCH3 is 1. The largest absolute Gasteiger partial charge is 0.504 e. The van der Waals surface area contributed by atoms with Gasteiger partial charge in [-0.3, -0.25) is 4.79 Å². The summed E-state index contributed by atoms with van der Waals surface area (Å²) in [5.74, 6) is -1.26. The Balaban J connectivity index is 1.64. The van der Waals surface area contributed by atoms with Crippen molar-refractivity contribution >= 4 is 5.97 Å². The Morgan fingerprint density at radius 1 is 0.962 bits per heavy atom. The molecule has 7 heteroatoms. The molecule has 0 bridgehead atoms. The molecule has 0 radical (unpaired) electrons. The molecule has 4 atom stereocenters. The average Bonchev–Trinajstić information content (AvgIpc) is 3.20. The van der Waals surface area contributed by atoms with E-state index in [1.165, 1.54) is 25.3 Å². The number of carbonyl (C=O) groups excluding carboxylic acids is 1. The van der Waals surface area contributed by atoms with Crippen molar-refractivity contribution in [1.29, 1.82) is 0 Å². The monoisotopic (exact) mass is 358 g/mol. The fraction of sp³-hybridized carbons (Fsp3) is 0.316. The second-order valence-electron chi connectivity index (χ2n) is 6.48. The van der Waals surface area contributed by atoms with Gasteiger partial charge in [0.05, 0.1) is 25.7 Å². The summed E-state index contributed by atoms with van der Waals surface area (Å²) in [6.45, 7) is 0.316. The first-order chi connectivity index (χ1) is 12.5. The van der Waals surface area contributed by atoms with E-state index in [2.05, 4.69) is 0 Å². The molecular formula is C19H18O7. The fourth-order valence-electron chi connectivity index (χ4n) is 3.72. The number of fused-ring (bicyclic) bond motifs is 1. The molecule has 136 valence electrons. The van der Waals surface area contributed by atoms with E-state index >= 15 is 0 Å². The summed E-state index contributed by atoms with van der Waals surface area (Å²) in [6.07, 6.45) is -1.05. The zero-order valence-corrected chi connectivity index (χ0v) is 14.0. The molecule has 2 aromatic carbocycles. The number of rotatable bonds is 3. The Kier molecular flexibility index (Phi) is 3.88. The third-order valence-corrected chi connectivity index (χ3v) is 5.02. The highest BCUT2D eigenvalue weighted by Crippen LogP contribution is 2.52. The third-order valence-electron chi connectivity index (χ3n) is 5.02. The van der Waals surface area contributed by atoms with Crippen LogP contribution in [0.1, 0.15) is 23.3 Å². The van der Waals surface area contributed by atoms with Crippen LogP contribution in [0.3, 0.4) is 0 Å². The highest BCUT2D eigenvalue weighted by atomic mass is 16.6. The molecule has 0 saturated carbocycles. The van der Waals surface area contributed by atoms with Crippen molar-refractivity contribution in [1.82, 2.24) is 0 Å². The molecule has 0 spiro atoms. The number of ether oxygens (including phenoxy) is 3. The van der Waals surface area contributed by atoms with Gasteiger partial charge in [0.15, 0.2) is 23.0 Å². The topological polar surface area (TPSA) is 105 Å². The quantitative estimate of drug-likeness (QED) is 0.571. The molecule has 0 aromatic heterocycles. The van der Waals surface area contributed by atoms with Crippen molar-refractivity contribution in [3.8, 4) is 23.0 Å². The standard InChI is InChI=1S/C19H18O7/c1-24-15-7-10(3-5-13(15)21)17-11-8-25-18(16(11)19(23)26-17)9-2-4-12(20)14(22)6-9/h2-7,11,16-18,20-22H,8H2,1H3. The summed E-state index contributed by atoms with van der Waals surface area (Å²) < 4.78 is 16.5. The zero-order valence-electron chi connectivity index (χ0n) is 14.0. The van der Waals surface area contributed by atoms with Crippen molar-refractivity contribution in [3.63, 3.8) is 0 Å². The predicted octanol–water partition coefficient (Wildman–Crippen LogP) is 2.41. The molecule has 2 fully saturated rings. The van der Waals surface area contributed by atoms with Crippen LogP contribution >= 0.6 is 0 Å². The molecule has 26 heavy (non-hydrogen) atoms. The van der Waals surface area contributed by atoms with Crippen LogP contribution in [0.15, 0.2) is 36.4 Å². The highest BCUT2D eigenvalue weighted by Gasteiger charge is 2.54. The summed E-state index contributed by atoms with van der Waals surface area (Å²) in [5, 5.41) is 28.9. The third kappa shape index (κ3) is 2.52. The van der Waals surface area contributed by atoms with Crippen LogP contribution in [0.5, 0.6) is 23.0 Å². The lowest BCUT2D eigenvalue weighted by molar-refractivity contribution is -0.148. The highest BCUT2D eigenvalue weighted by molar-refractivity contribution is 5.77. The minimum absolute atomic E-state index is 0.0113. The average molecular weight is 358 g/mol. The molecule has 2 aromatic rings. The summed E-state index contributed by atoms with van der Waals surface area (Å²) in [4.78, 5) is 12.5. The molecule has 7 nitrogen and oxygen atoms in total. The van der Waals surface area contributed by atoms with E-state index in [4.69, 9.17) is 14.2 Å². The molecule has 2 aliphatic rings. The first-order valence-electron chi connectivity index (χ1n) is 8.20. The first kappa shape index (κ1) is 16.5. The van der Waals surface area contributed by atoms with E-state index in [0.717, 1.165) is 5.56 Å². The van der Waals surface area contributed by atoms with Gasteiger partial charge < -0.3 is 29.5 Å². The number of esters is 1. The number of phenolic OH excluding ortho intramolecular Hbond substituents is 3. The summed E-state index contributed by atoms with van der Waals surface area (Å²) in [5.41, 5.74) is 1.33. The van der Waals surface area contributed by atoms with Crippen molar-refractivity contribution < 1.29 is 34.3 Å². The van der Waals surface area contributed by atoms with Crippen LogP contribution < -0.4 is 4.74 Å². The molecule has 4 rings (SSSR count). The number of phenols is 3. The van der Waals surface area contributed by atoms with Gasteiger partial charge in [0.2, 0.25) is 0 Å².